The highest BCUT2D eigenvalue weighted by Crippen LogP contribution is 2.32. The maximum Gasteiger partial charge on any atom is 0.275 e. The summed E-state index contributed by atoms with van der Waals surface area (Å²) in [5.41, 5.74) is 2.50. The van der Waals surface area contributed by atoms with E-state index in [1.165, 1.54) is 0 Å². The zero-order valence-electron chi connectivity index (χ0n) is 15.6. The third-order valence-electron chi connectivity index (χ3n) is 5.23. The molecule has 0 spiro atoms. The van der Waals surface area contributed by atoms with Crippen LogP contribution in [0.4, 0.5) is 0 Å². The summed E-state index contributed by atoms with van der Waals surface area (Å²) < 4.78 is 9.62. The van der Waals surface area contributed by atoms with E-state index in [4.69, 9.17) is 9.72 Å². The predicted molar refractivity (Wildman–Crippen MR) is 106 cm³/mol. The molecule has 4 rings (SSSR count). The van der Waals surface area contributed by atoms with Crippen molar-refractivity contribution in [3.63, 3.8) is 0 Å². The molecule has 8 heteroatoms. The van der Waals surface area contributed by atoms with Crippen molar-refractivity contribution in [1.29, 1.82) is 0 Å². The number of aromatic nitrogens is 4. The Labute approximate surface area is 166 Å². The topological polar surface area (TPSA) is 65.2 Å². The molecule has 0 N–H and O–H groups in total. The fourth-order valence-electron chi connectivity index (χ4n) is 3.89. The Kier molecular flexibility index (Phi) is 4.67. The molecule has 1 saturated heterocycles. The Hall–Kier alpha value is -2.35. The van der Waals surface area contributed by atoms with Crippen LogP contribution in [-0.4, -0.2) is 50.3 Å². The normalized spacial score (nSPS) is 17.5. The number of halogens is 1. The van der Waals surface area contributed by atoms with Crippen molar-refractivity contribution in [2.75, 3.05) is 20.2 Å². The number of aryl methyl sites for hydroxylation is 2. The number of piperidine rings is 1. The molecule has 1 fully saturated rings. The Morgan fingerprint density at radius 2 is 2.07 bits per heavy atom. The predicted octanol–water partition coefficient (Wildman–Crippen LogP) is 3.10. The summed E-state index contributed by atoms with van der Waals surface area (Å²) in [7, 11) is 5.38. The molecule has 3 aromatic rings. The Morgan fingerprint density at radius 1 is 1.30 bits per heavy atom. The molecule has 1 aromatic carbocycles. The first-order valence-electron chi connectivity index (χ1n) is 8.98. The van der Waals surface area contributed by atoms with Crippen molar-refractivity contribution in [2.24, 2.45) is 14.1 Å². The van der Waals surface area contributed by atoms with Crippen LogP contribution in [0.25, 0.3) is 11.0 Å². The van der Waals surface area contributed by atoms with Crippen LogP contribution >= 0.6 is 15.9 Å². The lowest BCUT2D eigenvalue weighted by Gasteiger charge is -2.32. The van der Waals surface area contributed by atoms with E-state index in [-0.39, 0.29) is 11.8 Å². The number of para-hydroxylation sites is 2. The first-order valence-corrected chi connectivity index (χ1v) is 9.77. The number of hydrogen-bond donors (Lipinski definition) is 0. The molecule has 1 aliphatic rings. The van der Waals surface area contributed by atoms with E-state index in [0.29, 0.717) is 22.6 Å². The fourth-order valence-corrected chi connectivity index (χ4v) is 4.56. The third kappa shape index (κ3) is 3.01. The van der Waals surface area contributed by atoms with E-state index in [9.17, 15) is 4.79 Å². The molecule has 1 unspecified atom stereocenters. The number of carbonyl (C=O) groups is 1. The molecule has 1 amide bonds. The summed E-state index contributed by atoms with van der Waals surface area (Å²) in [5, 5.41) is 4.34. The quantitative estimate of drug-likeness (QED) is 0.638. The molecule has 1 aliphatic heterocycles. The number of amides is 1. The van der Waals surface area contributed by atoms with Gasteiger partial charge in [-0.3, -0.25) is 4.79 Å². The van der Waals surface area contributed by atoms with Gasteiger partial charge in [0, 0.05) is 33.1 Å². The van der Waals surface area contributed by atoms with Gasteiger partial charge in [-0.1, -0.05) is 12.1 Å². The summed E-state index contributed by atoms with van der Waals surface area (Å²) in [6.45, 7) is 1.37. The number of nitrogens with zero attached hydrogens (tertiary/aromatic N) is 5. The van der Waals surface area contributed by atoms with Gasteiger partial charge in [-0.25, -0.2) is 9.67 Å². The molecule has 1 atom stereocenters. The van der Waals surface area contributed by atoms with Crippen LogP contribution in [0.2, 0.25) is 0 Å². The second-order valence-corrected chi connectivity index (χ2v) is 7.70. The average molecular weight is 432 g/mol. The van der Waals surface area contributed by atoms with Gasteiger partial charge in [0.05, 0.1) is 18.1 Å². The number of carbonyl (C=O) groups excluding carboxylic acids is 1. The number of benzene rings is 1. The lowest BCUT2D eigenvalue weighted by molar-refractivity contribution is 0.0696. The van der Waals surface area contributed by atoms with Crippen molar-refractivity contribution in [2.45, 2.75) is 18.8 Å². The molecule has 7 nitrogen and oxygen atoms in total. The second-order valence-electron chi connectivity index (χ2n) is 6.90. The van der Waals surface area contributed by atoms with Crippen molar-refractivity contribution in [1.82, 2.24) is 24.2 Å². The summed E-state index contributed by atoms with van der Waals surface area (Å²) in [4.78, 5) is 19.8. The standard InChI is InChI=1S/C19H22BrN5O2/c1-23-14-9-5-4-8-13(14)21-17(23)12-7-6-10-25(11-12)18(26)16-15(20)19(27-3)24(2)22-16/h4-5,8-9,12H,6-7,10-11H2,1-3H3. The number of hydrogen-bond acceptors (Lipinski definition) is 4. The van der Waals surface area contributed by atoms with Gasteiger partial charge in [0.15, 0.2) is 5.69 Å². The van der Waals surface area contributed by atoms with Gasteiger partial charge in [-0.05, 0) is 40.9 Å². The molecule has 2 aromatic heterocycles. The summed E-state index contributed by atoms with van der Waals surface area (Å²) >= 11 is 3.45. The Bertz CT molecular complexity index is 1010. The van der Waals surface area contributed by atoms with Gasteiger partial charge in [-0.15, -0.1) is 0 Å². The molecular formula is C19H22BrN5O2. The number of methoxy groups -OCH3 is 1. The summed E-state index contributed by atoms with van der Waals surface area (Å²) in [6.07, 6.45) is 1.97. The van der Waals surface area contributed by atoms with Crippen LogP contribution in [0.15, 0.2) is 28.7 Å². The van der Waals surface area contributed by atoms with Crippen LogP contribution in [0.3, 0.4) is 0 Å². The maximum atomic E-state index is 13.1. The monoisotopic (exact) mass is 431 g/mol. The minimum Gasteiger partial charge on any atom is -0.480 e. The van der Waals surface area contributed by atoms with E-state index in [0.717, 1.165) is 36.2 Å². The molecule has 27 heavy (non-hydrogen) atoms. The molecule has 0 aliphatic carbocycles. The van der Waals surface area contributed by atoms with E-state index < -0.39 is 0 Å². The number of rotatable bonds is 3. The van der Waals surface area contributed by atoms with Crippen LogP contribution in [0.5, 0.6) is 5.88 Å². The van der Waals surface area contributed by atoms with E-state index in [2.05, 4.69) is 31.7 Å². The second kappa shape index (κ2) is 6.99. The zero-order chi connectivity index (χ0) is 19.1. The van der Waals surface area contributed by atoms with Crippen molar-refractivity contribution >= 4 is 32.9 Å². The van der Waals surface area contributed by atoms with Gasteiger partial charge in [0.25, 0.3) is 5.91 Å². The zero-order valence-corrected chi connectivity index (χ0v) is 17.2. The van der Waals surface area contributed by atoms with Gasteiger partial charge in [-0.2, -0.15) is 5.10 Å². The minimum absolute atomic E-state index is 0.0794. The summed E-state index contributed by atoms with van der Waals surface area (Å²) in [5.74, 6) is 1.71. The van der Waals surface area contributed by atoms with E-state index >= 15 is 0 Å². The highest BCUT2D eigenvalue weighted by atomic mass is 79.9. The van der Waals surface area contributed by atoms with Crippen molar-refractivity contribution in [3.05, 3.63) is 40.3 Å². The van der Waals surface area contributed by atoms with E-state index in [1.54, 1.807) is 18.8 Å². The first-order chi connectivity index (χ1) is 13.0. The van der Waals surface area contributed by atoms with Crippen LogP contribution in [0.1, 0.15) is 35.1 Å². The molecule has 142 valence electrons. The fraction of sp³-hybridized carbons (Fsp3) is 0.421. The Balaban J connectivity index is 1.61. The smallest absolute Gasteiger partial charge is 0.275 e. The number of imidazole rings is 1. The maximum absolute atomic E-state index is 13.1. The van der Waals surface area contributed by atoms with Crippen LogP contribution in [0, 0.1) is 0 Å². The number of likely N-dealkylation sites (tertiary alicyclic amines) is 1. The van der Waals surface area contributed by atoms with Crippen molar-refractivity contribution in [3.8, 4) is 5.88 Å². The molecule has 3 heterocycles. The third-order valence-corrected chi connectivity index (χ3v) is 5.95. The molecular weight excluding hydrogens is 410 g/mol. The van der Waals surface area contributed by atoms with Crippen LogP contribution in [-0.2, 0) is 14.1 Å². The highest BCUT2D eigenvalue weighted by Gasteiger charge is 2.31. The number of ether oxygens (including phenoxy) is 1. The minimum atomic E-state index is -0.0794. The van der Waals surface area contributed by atoms with Gasteiger partial charge in [0.1, 0.15) is 10.3 Å². The first kappa shape index (κ1) is 18.0. The van der Waals surface area contributed by atoms with Crippen molar-refractivity contribution < 1.29 is 9.53 Å². The van der Waals surface area contributed by atoms with Gasteiger partial charge < -0.3 is 14.2 Å². The molecule has 0 saturated carbocycles. The summed E-state index contributed by atoms with van der Waals surface area (Å²) in [6, 6.07) is 8.13. The SMILES string of the molecule is COc1c(Br)c(C(=O)N2CCCC(c3nc4ccccc4n3C)C2)nn1C. The Morgan fingerprint density at radius 3 is 2.78 bits per heavy atom. The average Bonchev–Trinajstić information content (AvgIpc) is 3.17. The molecule has 0 bridgehead atoms. The van der Waals surface area contributed by atoms with E-state index in [1.807, 2.05) is 30.1 Å². The molecule has 0 radical (unpaired) electrons. The van der Waals surface area contributed by atoms with Gasteiger partial charge in [0.2, 0.25) is 5.88 Å². The largest absolute Gasteiger partial charge is 0.480 e. The van der Waals surface area contributed by atoms with Crippen LogP contribution < -0.4 is 4.74 Å². The highest BCUT2D eigenvalue weighted by molar-refractivity contribution is 9.10. The van der Waals surface area contributed by atoms with Gasteiger partial charge >= 0.3 is 0 Å². The lowest BCUT2D eigenvalue weighted by Crippen LogP contribution is -2.40. The lowest BCUT2D eigenvalue weighted by atomic mass is 9.97. The number of fused-ring (bicyclic) bond motifs is 1.